The standard InChI is InChI=1S/C26H44O4S2/c1-4-5-6-9-21(30-22-10-7-8-15-27-22)12-11-20-13-14-26(23(20)24-31-16-17-32-24)28-18-25(2,3)19-29-26/h11-12,20-24H,4-10,13-19H2,1-3H3/b12-11+. The predicted molar refractivity (Wildman–Crippen MR) is 135 cm³/mol. The minimum Gasteiger partial charge on any atom is -0.353 e. The summed E-state index contributed by atoms with van der Waals surface area (Å²) >= 11 is 4.22. The van der Waals surface area contributed by atoms with Gasteiger partial charge in [-0.3, -0.25) is 0 Å². The molecular weight excluding hydrogens is 440 g/mol. The van der Waals surface area contributed by atoms with Gasteiger partial charge < -0.3 is 18.9 Å². The van der Waals surface area contributed by atoms with Gasteiger partial charge in [0, 0.05) is 35.9 Å². The van der Waals surface area contributed by atoms with Gasteiger partial charge in [-0.2, -0.15) is 0 Å². The first-order valence-electron chi connectivity index (χ1n) is 13.0. The molecule has 1 spiro atoms. The van der Waals surface area contributed by atoms with Crippen molar-refractivity contribution in [2.45, 2.75) is 101 Å². The van der Waals surface area contributed by atoms with E-state index in [0.29, 0.717) is 16.4 Å². The fraction of sp³-hybridized carbons (Fsp3) is 0.923. The molecule has 4 rings (SSSR count). The second-order valence-electron chi connectivity index (χ2n) is 10.7. The average molecular weight is 485 g/mol. The highest BCUT2D eigenvalue weighted by molar-refractivity contribution is 8.20. The third kappa shape index (κ3) is 6.48. The van der Waals surface area contributed by atoms with Gasteiger partial charge >= 0.3 is 0 Å². The van der Waals surface area contributed by atoms with Crippen LogP contribution in [-0.4, -0.2) is 54.1 Å². The van der Waals surface area contributed by atoms with Crippen molar-refractivity contribution in [3.05, 3.63) is 12.2 Å². The second-order valence-corrected chi connectivity index (χ2v) is 13.5. The number of allylic oxidation sites excluding steroid dienone is 1. The van der Waals surface area contributed by atoms with Gasteiger partial charge in [0.2, 0.25) is 0 Å². The van der Waals surface area contributed by atoms with Crippen molar-refractivity contribution in [1.29, 1.82) is 0 Å². The molecule has 0 radical (unpaired) electrons. The van der Waals surface area contributed by atoms with Crippen LogP contribution in [0, 0.1) is 17.3 Å². The first-order chi connectivity index (χ1) is 15.5. The normalized spacial score (nSPS) is 33.9. The molecule has 0 aromatic rings. The zero-order chi connectivity index (χ0) is 22.4. The Morgan fingerprint density at radius 3 is 2.53 bits per heavy atom. The lowest BCUT2D eigenvalue weighted by atomic mass is 9.90. The number of hydrogen-bond donors (Lipinski definition) is 0. The molecule has 32 heavy (non-hydrogen) atoms. The van der Waals surface area contributed by atoms with Crippen LogP contribution in [0.3, 0.4) is 0 Å². The lowest BCUT2D eigenvalue weighted by molar-refractivity contribution is -0.313. The van der Waals surface area contributed by atoms with Crippen molar-refractivity contribution >= 4 is 23.5 Å². The van der Waals surface area contributed by atoms with E-state index in [2.05, 4.69) is 56.4 Å². The van der Waals surface area contributed by atoms with E-state index in [0.717, 1.165) is 51.9 Å². The summed E-state index contributed by atoms with van der Waals surface area (Å²) in [5.74, 6) is 2.99. The number of hydrogen-bond acceptors (Lipinski definition) is 6. The SMILES string of the molecule is CCCCCC(/C=C/C1CCC2(OCC(C)(C)CO2)C1C1SCCS1)OC1CCCCO1. The maximum absolute atomic E-state index is 6.57. The molecule has 1 aliphatic carbocycles. The van der Waals surface area contributed by atoms with Crippen LogP contribution < -0.4 is 0 Å². The van der Waals surface area contributed by atoms with Crippen LogP contribution in [0.15, 0.2) is 12.2 Å². The molecular formula is C26H44O4S2. The van der Waals surface area contributed by atoms with Crippen molar-refractivity contribution in [2.75, 3.05) is 31.3 Å². The Labute approximate surface area is 204 Å². The highest BCUT2D eigenvalue weighted by Crippen LogP contribution is 2.55. The van der Waals surface area contributed by atoms with Gasteiger partial charge in [-0.1, -0.05) is 52.2 Å². The molecule has 1 saturated carbocycles. The summed E-state index contributed by atoms with van der Waals surface area (Å²) in [7, 11) is 0. The third-order valence-corrected chi connectivity index (χ3v) is 10.5. The Morgan fingerprint density at radius 2 is 1.84 bits per heavy atom. The van der Waals surface area contributed by atoms with E-state index < -0.39 is 5.79 Å². The molecule has 3 heterocycles. The number of unbranched alkanes of at least 4 members (excludes halogenated alkanes) is 2. The molecule has 184 valence electrons. The fourth-order valence-electron chi connectivity index (χ4n) is 5.39. The fourth-order valence-corrected chi connectivity index (χ4v) is 8.82. The lowest BCUT2D eigenvalue weighted by Gasteiger charge is -2.46. The molecule has 4 aliphatic rings. The molecule has 3 aliphatic heterocycles. The minimum absolute atomic E-state index is 0.0288. The Morgan fingerprint density at radius 1 is 1.06 bits per heavy atom. The van der Waals surface area contributed by atoms with E-state index in [9.17, 15) is 0 Å². The summed E-state index contributed by atoms with van der Waals surface area (Å²) in [5.41, 5.74) is 0.109. The predicted octanol–water partition coefficient (Wildman–Crippen LogP) is 6.64. The van der Waals surface area contributed by atoms with Crippen LogP contribution in [0.25, 0.3) is 0 Å². The lowest BCUT2D eigenvalue weighted by Crippen LogP contribution is -2.52. The van der Waals surface area contributed by atoms with E-state index in [4.69, 9.17) is 18.9 Å². The van der Waals surface area contributed by atoms with E-state index in [1.54, 1.807) is 0 Å². The molecule has 4 fully saturated rings. The van der Waals surface area contributed by atoms with Crippen molar-refractivity contribution in [2.24, 2.45) is 17.3 Å². The van der Waals surface area contributed by atoms with Crippen LogP contribution in [0.4, 0.5) is 0 Å². The largest absolute Gasteiger partial charge is 0.353 e. The van der Waals surface area contributed by atoms with E-state index in [1.165, 1.54) is 37.2 Å². The molecule has 0 aromatic carbocycles. The molecule has 4 nitrogen and oxygen atoms in total. The smallest absolute Gasteiger partial charge is 0.173 e. The molecule has 4 unspecified atom stereocenters. The van der Waals surface area contributed by atoms with Crippen LogP contribution in [0.2, 0.25) is 0 Å². The minimum atomic E-state index is -0.398. The van der Waals surface area contributed by atoms with Crippen LogP contribution >= 0.6 is 23.5 Å². The van der Waals surface area contributed by atoms with Crippen LogP contribution in [0.5, 0.6) is 0 Å². The quantitative estimate of drug-likeness (QED) is 0.270. The van der Waals surface area contributed by atoms with Gasteiger partial charge in [0.1, 0.15) is 0 Å². The van der Waals surface area contributed by atoms with Crippen molar-refractivity contribution in [3.8, 4) is 0 Å². The van der Waals surface area contributed by atoms with Gasteiger partial charge in [0.25, 0.3) is 0 Å². The molecule has 0 amide bonds. The molecule has 3 saturated heterocycles. The van der Waals surface area contributed by atoms with E-state index in [1.807, 2.05) is 0 Å². The Balaban J connectivity index is 1.45. The highest BCUT2D eigenvalue weighted by Gasteiger charge is 2.56. The topological polar surface area (TPSA) is 36.9 Å². The first-order valence-corrected chi connectivity index (χ1v) is 15.1. The number of rotatable bonds is 9. The monoisotopic (exact) mass is 484 g/mol. The Kier molecular flexibility index (Phi) is 9.36. The second kappa shape index (κ2) is 11.8. The number of ether oxygens (including phenoxy) is 4. The maximum Gasteiger partial charge on any atom is 0.173 e. The molecule has 4 atom stereocenters. The summed E-state index contributed by atoms with van der Waals surface area (Å²) in [6.45, 7) is 9.18. The van der Waals surface area contributed by atoms with Crippen LogP contribution in [-0.2, 0) is 18.9 Å². The summed E-state index contributed by atoms with van der Waals surface area (Å²) in [5, 5.41) is 0. The molecule has 6 heteroatoms. The zero-order valence-corrected chi connectivity index (χ0v) is 22.0. The van der Waals surface area contributed by atoms with E-state index >= 15 is 0 Å². The summed E-state index contributed by atoms with van der Waals surface area (Å²) in [6.07, 6.45) is 15.3. The van der Waals surface area contributed by atoms with E-state index in [-0.39, 0.29) is 17.8 Å². The van der Waals surface area contributed by atoms with Crippen molar-refractivity contribution in [1.82, 2.24) is 0 Å². The van der Waals surface area contributed by atoms with Gasteiger partial charge in [0.05, 0.1) is 23.9 Å². The molecule has 0 bridgehead atoms. The molecule has 0 aromatic heterocycles. The van der Waals surface area contributed by atoms with Gasteiger partial charge in [0.15, 0.2) is 12.1 Å². The number of thioether (sulfide) groups is 2. The highest BCUT2D eigenvalue weighted by atomic mass is 32.2. The molecule has 0 N–H and O–H groups in total. The maximum atomic E-state index is 6.57. The Bertz CT molecular complexity index is 589. The van der Waals surface area contributed by atoms with Crippen molar-refractivity contribution < 1.29 is 18.9 Å². The summed E-state index contributed by atoms with van der Waals surface area (Å²) in [4.78, 5) is 0. The van der Waals surface area contributed by atoms with Gasteiger partial charge in [-0.15, -0.1) is 23.5 Å². The first kappa shape index (κ1) is 25.4. The summed E-state index contributed by atoms with van der Waals surface area (Å²) in [6, 6.07) is 0. The third-order valence-electron chi connectivity index (χ3n) is 7.28. The average Bonchev–Trinajstić information content (AvgIpc) is 3.43. The van der Waals surface area contributed by atoms with Crippen molar-refractivity contribution in [3.63, 3.8) is 0 Å². The Hall–Kier alpha value is 0.280. The van der Waals surface area contributed by atoms with Gasteiger partial charge in [-0.25, -0.2) is 0 Å². The zero-order valence-electron chi connectivity index (χ0n) is 20.4. The summed E-state index contributed by atoms with van der Waals surface area (Å²) < 4.78 is 26.0. The van der Waals surface area contributed by atoms with Gasteiger partial charge in [-0.05, 0) is 38.0 Å². The van der Waals surface area contributed by atoms with Crippen LogP contribution in [0.1, 0.15) is 78.6 Å².